The smallest absolute Gasteiger partial charge is 0.237 e. The van der Waals surface area contributed by atoms with Crippen LogP contribution in [0.25, 0.3) is 11.4 Å². The Hall–Kier alpha value is -2.19. The molecule has 0 aliphatic heterocycles. The molecule has 3 aromatic rings. The first-order valence-corrected chi connectivity index (χ1v) is 8.85. The van der Waals surface area contributed by atoms with E-state index in [-0.39, 0.29) is 11.2 Å². The number of anilines is 1. The standard InChI is InChI=1S/C16H14BrN5OS/c1-10(15(23)19-13-4-2-12(17)3-5-13)24-16-20-14(21-22-16)11-6-8-18-9-7-11/h2-10H,1H3,(H,19,23)(H,20,21,22)/t10-/m0/s1. The first-order valence-electron chi connectivity index (χ1n) is 7.18. The minimum absolute atomic E-state index is 0.0995. The zero-order valence-electron chi connectivity index (χ0n) is 12.7. The molecule has 1 amide bonds. The summed E-state index contributed by atoms with van der Waals surface area (Å²) in [5.41, 5.74) is 1.65. The van der Waals surface area contributed by atoms with E-state index in [9.17, 15) is 4.79 Å². The van der Waals surface area contributed by atoms with Gasteiger partial charge in [-0.3, -0.25) is 14.9 Å². The molecule has 24 heavy (non-hydrogen) atoms. The average Bonchev–Trinajstić information content (AvgIpc) is 3.06. The minimum atomic E-state index is -0.324. The summed E-state index contributed by atoms with van der Waals surface area (Å²) in [5.74, 6) is 0.554. The van der Waals surface area contributed by atoms with Crippen LogP contribution in [0.2, 0.25) is 0 Å². The van der Waals surface area contributed by atoms with Gasteiger partial charge in [-0.15, -0.1) is 5.10 Å². The van der Waals surface area contributed by atoms with E-state index in [2.05, 4.69) is 41.4 Å². The summed E-state index contributed by atoms with van der Waals surface area (Å²) in [7, 11) is 0. The van der Waals surface area contributed by atoms with Gasteiger partial charge in [-0.2, -0.15) is 0 Å². The highest BCUT2D eigenvalue weighted by atomic mass is 79.9. The van der Waals surface area contributed by atoms with Crippen molar-refractivity contribution in [2.45, 2.75) is 17.3 Å². The molecule has 1 aromatic carbocycles. The molecule has 3 rings (SSSR count). The van der Waals surface area contributed by atoms with Crippen molar-refractivity contribution in [1.82, 2.24) is 20.2 Å². The third-order valence-corrected chi connectivity index (χ3v) is 4.67. The van der Waals surface area contributed by atoms with Gasteiger partial charge in [0.1, 0.15) is 0 Å². The van der Waals surface area contributed by atoms with Crippen LogP contribution in [0.5, 0.6) is 0 Å². The van der Waals surface area contributed by atoms with Gasteiger partial charge in [0.2, 0.25) is 11.1 Å². The van der Waals surface area contributed by atoms with Crippen molar-refractivity contribution >= 4 is 39.3 Å². The quantitative estimate of drug-likeness (QED) is 0.633. The van der Waals surface area contributed by atoms with Crippen LogP contribution in [0.3, 0.4) is 0 Å². The van der Waals surface area contributed by atoms with Gasteiger partial charge in [0, 0.05) is 28.1 Å². The van der Waals surface area contributed by atoms with Crippen LogP contribution in [0.1, 0.15) is 6.92 Å². The van der Waals surface area contributed by atoms with E-state index in [0.717, 1.165) is 15.7 Å². The lowest BCUT2D eigenvalue weighted by atomic mass is 10.3. The fourth-order valence-corrected chi connectivity index (χ4v) is 2.92. The van der Waals surface area contributed by atoms with Gasteiger partial charge in [-0.1, -0.05) is 27.7 Å². The Labute approximate surface area is 151 Å². The van der Waals surface area contributed by atoms with Crippen LogP contribution in [-0.4, -0.2) is 31.3 Å². The van der Waals surface area contributed by atoms with Gasteiger partial charge in [-0.25, -0.2) is 4.98 Å². The first kappa shape index (κ1) is 16.7. The van der Waals surface area contributed by atoms with Gasteiger partial charge in [0.25, 0.3) is 0 Å². The molecule has 2 heterocycles. The van der Waals surface area contributed by atoms with Crippen LogP contribution >= 0.6 is 27.7 Å². The Morgan fingerprint density at radius 2 is 1.92 bits per heavy atom. The summed E-state index contributed by atoms with van der Waals surface area (Å²) in [6, 6.07) is 11.1. The molecule has 0 spiro atoms. The largest absolute Gasteiger partial charge is 0.325 e. The first-order chi connectivity index (χ1) is 11.6. The third-order valence-electron chi connectivity index (χ3n) is 3.18. The number of pyridine rings is 1. The normalized spacial score (nSPS) is 11.9. The maximum atomic E-state index is 12.3. The molecular weight excluding hydrogens is 390 g/mol. The molecule has 0 unspecified atom stereocenters. The molecule has 1 atom stereocenters. The van der Waals surface area contributed by atoms with E-state index >= 15 is 0 Å². The Balaban J connectivity index is 1.62. The number of hydrogen-bond acceptors (Lipinski definition) is 5. The fraction of sp³-hybridized carbons (Fsp3) is 0.125. The molecule has 2 N–H and O–H groups in total. The number of amides is 1. The predicted octanol–water partition coefficient (Wildman–Crippen LogP) is 3.75. The molecule has 122 valence electrons. The van der Waals surface area contributed by atoms with Crippen molar-refractivity contribution in [3.63, 3.8) is 0 Å². The molecule has 0 saturated heterocycles. The second-order valence-electron chi connectivity index (χ2n) is 4.96. The summed E-state index contributed by atoms with van der Waals surface area (Å²) in [4.78, 5) is 20.6. The van der Waals surface area contributed by atoms with E-state index in [4.69, 9.17) is 0 Å². The van der Waals surface area contributed by atoms with Gasteiger partial charge in [0.05, 0.1) is 5.25 Å². The maximum Gasteiger partial charge on any atom is 0.237 e. The number of thioether (sulfide) groups is 1. The van der Waals surface area contributed by atoms with E-state index in [0.29, 0.717) is 11.0 Å². The number of halogens is 1. The summed E-state index contributed by atoms with van der Waals surface area (Å²) in [5, 5.41) is 10.1. The lowest BCUT2D eigenvalue weighted by molar-refractivity contribution is -0.115. The van der Waals surface area contributed by atoms with Crippen molar-refractivity contribution in [2.24, 2.45) is 0 Å². The summed E-state index contributed by atoms with van der Waals surface area (Å²) in [6.07, 6.45) is 3.39. The number of carbonyl (C=O) groups excluding carboxylic acids is 1. The van der Waals surface area contributed by atoms with Crippen LogP contribution in [0.15, 0.2) is 58.4 Å². The SMILES string of the molecule is C[C@H](Sc1n[nH]c(-c2ccncc2)n1)C(=O)Nc1ccc(Br)cc1. The summed E-state index contributed by atoms with van der Waals surface area (Å²) >= 11 is 4.66. The number of nitrogens with zero attached hydrogens (tertiary/aromatic N) is 3. The van der Waals surface area contributed by atoms with Crippen LogP contribution in [0, 0.1) is 0 Å². The fourth-order valence-electron chi connectivity index (χ4n) is 1.93. The average molecular weight is 404 g/mol. The molecule has 0 aliphatic rings. The number of aromatic nitrogens is 4. The molecule has 0 saturated carbocycles. The molecule has 6 nitrogen and oxygen atoms in total. The maximum absolute atomic E-state index is 12.3. The van der Waals surface area contributed by atoms with Crippen LogP contribution < -0.4 is 5.32 Å². The van der Waals surface area contributed by atoms with Crippen molar-refractivity contribution in [3.8, 4) is 11.4 Å². The van der Waals surface area contributed by atoms with Gasteiger partial charge in [-0.05, 0) is 43.3 Å². The molecule has 0 radical (unpaired) electrons. The number of nitrogens with one attached hydrogen (secondary N) is 2. The van der Waals surface area contributed by atoms with Crippen LogP contribution in [0.4, 0.5) is 5.69 Å². The number of hydrogen-bond donors (Lipinski definition) is 2. The predicted molar refractivity (Wildman–Crippen MR) is 97.7 cm³/mol. The monoisotopic (exact) mass is 403 g/mol. The van der Waals surface area contributed by atoms with E-state index in [1.54, 1.807) is 12.4 Å². The number of H-pyrrole nitrogens is 1. The topological polar surface area (TPSA) is 83.6 Å². The van der Waals surface area contributed by atoms with E-state index < -0.39 is 0 Å². The number of rotatable bonds is 5. The highest BCUT2D eigenvalue weighted by molar-refractivity contribution is 9.10. The molecule has 8 heteroatoms. The summed E-state index contributed by atoms with van der Waals surface area (Å²) in [6.45, 7) is 1.82. The summed E-state index contributed by atoms with van der Waals surface area (Å²) < 4.78 is 0.965. The Bertz CT molecular complexity index is 822. The van der Waals surface area contributed by atoms with Crippen LogP contribution in [-0.2, 0) is 4.79 Å². The van der Waals surface area contributed by atoms with Gasteiger partial charge >= 0.3 is 0 Å². The zero-order valence-corrected chi connectivity index (χ0v) is 15.1. The number of aromatic amines is 1. The van der Waals surface area contributed by atoms with Gasteiger partial charge < -0.3 is 5.32 Å². The third kappa shape index (κ3) is 4.21. The molecule has 0 fully saturated rings. The van der Waals surface area contributed by atoms with Crippen molar-refractivity contribution < 1.29 is 4.79 Å². The lowest BCUT2D eigenvalue weighted by Crippen LogP contribution is -2.22. The van der Waals surface area contributed by atoms with Gasteiger partial charge in [0.15, 0.2) is 5.82 Å². The second kappa shape index (κ2) is 7.59. The minimum Gasteiger partial charge on any atom is -0.325 e. The molecular formula is C16H14BrN5OS. The Morgan fingerprint density at radius 3 is 2.62 bits per heavy atom. The zero-order chi connectivity index (χ0) is 16.9. The Morgan fingerprint density at radius 1 is 1.21 bits per heavy atom. The van der Waals surface area contributed by atoms with Crippen molar-refractivity contribution in [1.29, 1.82) is 0 Å². The molecule has 2 aromatic heterocycles. The molecule has 0 aliphatic carbocycles. The highest BCUT2D eigenvalue weighted by Crippen LogP contribution is 2.23. The van der Waals surface area contributed by atoms with Crippen molar-refractivity contribution in [3.05, 3.63) is 53.3 Å². The molecule has 0 bridgehead atoms. The second-order valence-corrected chi connectivity index (χ2v) is 7.18. The van der Waals surface area contributed by atoms with E-state index in [1.807, 2.05) is 43.3 Å². The highest BCUT2D eigenvalue weighted by Gasteiger charge is 2.17. The Kier molecular flexibility index (Phi) is 5.27. The van der Waals surface area contributed by atoms with E-state index in [1.165, 1.54) is 11.8 Å². The number of benzene rings is 1. The van der Waals surface area contributed by atoms with Crippen molar-refractivity contribution in [2.75, 3.05) is 5.32 Å². The lowest BCUT2D eigenvalue weighted by Gasteiger charge is -2.10. The number of carbonyl (C=O) groups is 1.